The summed E-state index contributed by atoms with van der Waals surface area (Å²) in [6.07, 6.45) is -0.511. The summed E-state index contributed by atoms with van der Waals surface area (Å²) in [6.45, 7) is 1.58. The minimum Gasteiger partial charge on any atom is -0.493 e. The Morgan fingerprint density at radius 1 is 1.03 bits per heavy atom. The number of rotatable bonds is 10. The third kappa shape index (κ3) is 7.22. The number of amides is 1. The average molecular weight is 559 g/mol. The molecule has 31 heavy (non-hydrogen) atoms. The smallest absolute Gasteiger partial charge is 0.313 e. The largest absolute Gasteiger partial charge is 0.493 e. The molecule has 0 aliphatic heterocycles. The van der Waals surface area contributed by atoms with Gasteiger partial charge in [-0.25, -0.2) is 0 Å². The van der Waals surface area contributed by atoms with Crippen LogP contribution in [0.3, 0.4) is 0 Å². The maximum atomic E-state index is 12.5. The number of ether oxygens (including phenoxy) is 3. The molecule has 9 heteroatoms. The number of nitrogens with one attached hydrogen (secondary N) is 1. The van der Waals surface area contributed by atoms with Crippen LogP contribution in [0.15, 0.2) is 45.3 Å². The second-order valence-corrected chi connectivity index (χ2v) is 8.50. The summed E-state index contributed by atoms with van der Waals surface area (Å²) in [5.74, 6) is -0.598. The van der Waals surface area contributed by atoms with Gasteiger partial charge >= 0.3 is 5.97 Å². The lowest BCUT2D eigenvalue weighted by molar-refractivity contribution is -0.151. The molecule has 0 radical (unpaired) electrons. The summed E-state index contributed by atoms with van der Waals surface area (Å²) in [7, 11) is 3.11. The summed E-state index contributed by atoms with van der Waals surface area (Å²) in [6, 6.07) is 10.5. The van der Waals surface area contributed by atoms with Gasteiger partial charge in [0.1, 0.15) is 0 Å². The minimum atomic E-state index is -0.981. The van der Waals surface area contributed by atoms with Crippen molar-refractivity contribution in [3.8, 4) is 11.5 Å². The quantitative estimate of drug-likeness (QED) is 0.431. The van der Waals surface area contributed by atoms with Gasteiger partial charge in [0.15, 0.2) is 11.5 Å². The first-order chi connectivity index (χ1) is 14.8. The highest BCUT2D eigenvalue weighted by Gasteiger charge is 2.26. The van der Waals surface area contributed by atoms with Crippen LogP contribution < -0.4 is 14.8 Å². The zero-order valence-electron chi connectivity index (χ0n) is 17.5. The molecule has 2 rings (SSSR count). The van der Waals surface area contributed by atoms with Crippen LogP contribution in [0.2, 0.25) is 0 Å². The van der Waals surface area contributed by atoms with E-state index in [0.29, 0.717) is 23.5 Å². The fraction of sp³-hybridized carbons (Fsp3) is 0.364. The van der Waals surface area contributed by atoms with Crippen molar-refractivity contribution in [3.05, 3.63) is 56.5 Å². The Hall–Kier alpha value is -2.10. The summed E-state index contributed by atoms with van der Waals surface area (Å²) < 4.78 is 17.4. The molecule has 0 aliphatic carbocycles. The molecule has 0 bridgehead atoms. The summed E-state index contributed by atoms with van der Waals surface area (Å²) >= 11 is 6.70. The standard InChI is InChI=1S/C22H25Br2NO6/c1-13(26)16(12-25-21(27)15-5-6-17(23)18(24)11-15)22(28)31-9-8-14-4-7-19(29-2)20(10-14)30-3/h4-7,10-11,13,16,26H,8-9,12H2,1-3H3,(H,25,27)/t13-,16+/m1/s1. The Labute approximate surface area is 198 Å². The molecule has 2 N–H and O–H groups in total. The fourth-order valence-corrected chi connectivity index (χ4v) is 3.43. The molecule has 0 aliphatic rings. The van der Waals surface area contributed by atoms with Crippen molar-refractivity contribution in [1.82, 2.24) is 5.32 Å². The molecule has 7 nitrogen and oxygen atoms in total. The number of hydrogen-bond acceptors (Lipinski definition) is 6. The van der Waals surface area contributed by atoms with E-state index in [4.69, 9.17) is 14.2 Å². The third-order valence-corrected chi connectivity index (χ3v) is 6.51. The van der Waals surface area contributed by atoms with Gasteiger partial charge in [0.05, 0.1) is 32.8 Å². The topological polar surface area (TPSA) is 94.1 Å². The number of aliphatic hydroxyl groups excluding tert-OH is 1. The van der Waals surface area contributed by atoms with Crippen molar-refractivity contribution in [3.63, 3.8) is 0 Å². The lowest BCUT2D eigenvalue weighted by Crippen LogP contribution is -2.39. The van der Waals surface area contributed by atoms with Gasteiger partial charge in [0, 0.05) is 27.5 Å². The van der Waals surface area contributed by atoms with Crippen molar-refractivity contribution in [2.24, 2.45) is 5.92 Å². The van der Waals surface area contributed by atoms with Crippen LogP contribution in [0.1, 0.15) is 22.8 Å². The third-order valence-electron chi connectivity index (χ3n) is 4.63. The fourth-order valence-electron chi connectivity index (χ4n) is 2.81. The Bertz CT molecular complexity index is 919. The zero-order valence-corrected chi connectivity index (χ0v) is 20.7. The molecule has 0 spiro atoms. The lowest BCUT2D eigenvalue weighted by Gasteiger charge is -2.19. The zero-order chi connectivity index (χ0) is 23.0. The van der Waals surface area contributed by atoms with Gasteiger partial charge in [0.2, 0.25) is 0 Å². The SMILES string of the molecule is COc1ccc(CCOC(=O)[C@@H](CNC(=O)c2ccc(Br)c(Br)c2)[C@@H](C)O)cc1OC. The van der Waals surface area contributed by atoms with E-state index in [-0.39, 0.29) is 19.1 Å². The molecule has 0 unspecified atom stereocenters. The van der Waals surface area contributed by atoms with E-state index in [1.54, 1.807) is 38.5 Å². The normalized spacial score (nSPS) is 12.6. The van der Waals surface area contributed by atoms with Gasteiger partial charge in [-0.3, -0.25) is 9.59 Å². The molecule has 2 aromatic carbocycles. The van der Waals surface area contributed by atoms with Crippen molar-refractivity contribution in [2.45, 2.75) is 19.4 Å². The molecule has 0 heterocycles. The van der Waals surface area contributed by atoms with Crippen LogP contribution >= 0.6 is 31.9 Å². The van der Waals surface area contributed by atoms with E-state index in [1.807, 2.05) is 12.1 Å². The van der Waals surface area contributed by atoms with E-state index >= 15 is 0 Å². The second kappa shape index (κ2) is 12.1. The van der Waals surface area contributed by atoms with Crippen molar-refractivity contribution >= 4 is 43.7 Å². The van der Waals surface area contributed by atoms with E-state index in [2.05, 4.69) is 37.2 Å². The molecule has 0 saturated heterocycles. The average Bonchev–Trinajstić information content (AvgIpc) is 2.75. The molecule has 1 amide bonds. The van der Waals surface area contributed by atoms with Gasteiger partial charge in [-0.15, -0.1) is 0 Å². The number of carbonyl (C=O) groups is 2. The summed E-state index contributed by atoms with van der Waals surface area (Å²) in [5.41, 5.74) is 1.34. The van der Waals surface area contributed by atoms with Crippen molar-refractivity contribution < 1.29 is 28.9 Å². The van der Waals surface area contributed by atoms with Gasteiger partial charge in [0.25, 0.3) is 5.91 Å². The van der Waals surface area contributed by atoms with Crippen LogP contribution in [0.5, 0.6) is 11.5 Å². The first kappa shape index (κ1) is 25.2. The van der Waals surface area contributed by atoms with Gasteiger partial charge < -0.3 is 24.6 Å². The second-order valence-electron chi connectivity index (χ2n) is 6.79. The predicted octanol–water partition coefficient (Wildman–Crippen LogP) is 3.74. The van der Waals surface area contributed by atoms with Crippen LogP contribution in [0.25, 0.3) is 0 Å². The number of halogens is 2. The molecule has 2 atom stereocenters. The van der Waals surface area contributed by atoms with E-state index < -0.39 is 18.0 Å². The highest BCUT2D eigenvalue weighted by Crippen LogP contribution is 2.27. The number of carbonyl (C=O) groups excluding carboxylic acids is 2. The monoisotopic (exact) mass is 557 g/mol. The Morgan fingerprint density at radius 2 is 1.74 bits per heavy atom. The predicted molar refractivity (Wildman–Crippen MR) is 124 cm³/mol. The number of benzene rings is 2. The van der Waals surface area contributed by atoms with E-state index in [9.17, 15) is 14.7 Å². The Kier molecular flexibility index (Phi) is 9.80. The van der Waals surface area contributed by atoms with Crippen molar-refractivity contribution in [2.75, 3.05) is 27.4 Å². The molecule has 0 aromatic heterocycles. The molecule has 0 saturated carbocycles. The number of aliphatic hydroxyl groups is 1. The van der Waals surface area contributed by atoms with Crippen LogP contribution in [0, 0.1) is 5.92 Å². The van der Waals surface area contributed by atoms with Gasteiger partial charge in [-0.05, 0) is 74.7 Å². The van der Waals surface area contributed by atoms with Crippen LogP contribution in [-0.4, -0.2) is 50.5 Å². The molecule has 0 fully saturated rings. The Morgan fingerprint density at radius 3 is 2.35 bits per heavy atom. The van der Waals surface area contributed by atoms with Gasteiger partial charge in [-0.2, -0.15) is 0 Å². The maximum absolute atomic E-state index is 12.5. The van der Waals surface area contributed by atoms with E-state index in [1.165, 1.54) is 6.92 Å². The highest BCUT2D eigenvalue weighted by atomic mass is 79.9. The molecular formula is C22H25Br2NO6. The number of methoxy groups -OCH3 is 2. The van der Waals surface area contributed by atoms with Crippen LogP contribution in [0.4, 0.5) is 0 Å². The highest BCUT2D eigenvalue weighted by molar-refractivity contribution is 9.13. The molecule has 2 aromatic rings. The van der Waals surface area contributed by atoms with Crippen molar-refractivity contribution in [1.29, 1.82) is 0 Å². The maximum Gasteiger partial charge on any atom is 0.313 e. The number of hydrogen-bond donors (Lipinski definition) is 2. The molecule has 168 valence electrons. The Balaban J connectivity index is 1.90. The molecular weight excluding hydrogens is 534 g/mol. The minimum absolute atomic E-state index is 0.0423. The first-order valence-corrected chi connectivity index (χ1v) is 11.1. The summed E-state index contributed by atoms with van der Waals surface area (Å²) in [5, 5.41) is 12.7. The van der Waals surface area contributed by atoms with Crippen LogP contribution in [-0.2, 0) is 16.0 Å². The number of esters is 1. The lowest BCUT2D eigenvalue weighted by atomic mass is 10.0. The first-order valence-electron chi connectivity index (χ1n) is 9.55. The van der Waals surface area contributed by atoms with Gasteiger partial charge in [-0.1, -0.05) is 6.07 Å². The van der Waals surface area contributed by atoms with E-state index in [0.717, 1.165) is 14.5 Å². The summed E-state index contributed by atoms with van der Waals surface area (Å²) in [4.78, 5) is 24.8.